The van der Waals surface area contributed by atoms with Crippen molar-refractivity contribution in [3.63, 3.8) is 0 Å². The second kappa shape index (κ2) is 8.20. The molecule has 0 heterocycles. The van der Waals surface area contributed by atoms with Crippen LogP contribution in [0.25, 0.3) is 0 Å². The minimum absolute atomic E-state index is 0.532. The molecule has 21 heavy (non-hydrogen) atoms. The highest BCUT2D eigenvalue weighted by Crippen LogP contribution is 2.34. The molecule has 110 valence electrons. The first kappa shape index (κ1) is 16.0. The Balaban J connectivity index is 1.80. The predicted octanol–water partition coefficient (Wildman–Crippen LogP) is 4.87. The van der Waals surface area contributed by atoms with Crippen molar-refractivity contribution in [1.29, 1.82) is 0 Å². The number of benzene rings is 2. The van der Waals surface area contributed by atoms with E-state index in [9.17, 15) is 4.79 Å². The van der Waals surface area contributed by atoms with Crippen molar-refractivity contribution in [2.45, 2.75) is 6.42 Å². The van der Waals surface area contributed by atoms with Gasteiger partial charge in [-0.2, -0.15) is 0 Å². The van der Waals surface area contributed by atoms with Gasteiger partial charge in [0.1, 0.15) is 17.8 Å². The van der Waals surface area contributed by atoms with Crippen LogP contribution in [-0.2, 0) is 0 Å². The van der Waals surface area contributed by atoms with Gasteiger partial charge in [0.15, 0.2) is 0 Å². The Morgan fingerprint density at radius 3 is 2.19 bits per heavy atom. The molecule has 0 N–H and O–H groups in total. The van der Waals surface area contributed by atoms with Crippen LogP contribution in [0.4, 0.5) is 0 Å². The first-order chi connectivity index (χ1) is 10.2. The number of para-hydroxylation sites is 1. The van der Waals surface area contributed by atoms with Gasteiger partial charge in [-0.15, -0.1) is 0 Å². The molecule has 0 fully saturated rings. The fourth-order valence-electron chi connectivity index (χ4n) is 1.73. The molecule has 0 saturated carbocycles. The van der Waals surface area contributed by atoms with Crippen molar-refractivity contribution < 1.29 is 14.3 Å². The molecule has 5 heteroatoms. The van der Waals surface area contributed by atoms with Gasteiger partial charge in [0, 0.05) is 12.0 Å². The van der Waals surface area contributed by atoms with E-state index in [1.54, 1.807) is 12.1 Å². The van der Waals surface area contributed by atoms with Gasteiger partial charge in [-0.05, 0) is 56.1 Å². The fourth-order valence-corrected chi connectivity index (χ4v) is 3.18. The summed E-state index contributed by atoms with van der Waals surface area (Å²) in [5.74, 6) is 1.55. The number of carbonyl (C=O) groups excluding carboxylic acids is 1. The normalized spacial score (nSPS) is 10.2. The lowest BCUT2D eigenvalue weighted by molar-refractivity contribution is 0.112. The molecular weight excluding hydrogens is 400 g/mol. The zero-order valence-electron chi connectivity index (χ0n) is 11.2. The number of aldehydes is 1. The van der Waals surface area contributed by atoms with E-state index >= 15 is 0 Å². The molecule has 0 radical (unpaired) electrons. The molecule has 3 nitrogen and oxygen atoms in total. The van der Waals surface area contributed by atoms with Crippen LogP contribution in [0.3, 0.4) is 0 Å². The van der Waals surface area contributed by atoms with E-state index in [1.165, 1.54) is 0 Å². The Bertz CT molecular complexity index is 577. The van der Waals surface area contributed by atoms with E-state index in [4.69, 9.17) is 9.47 Å². The number of rotatable bonds is 7. The van der Waals surface area contributed by atoms with Gasteiger partial charge in [-0.1, -0.05) is 18.2 Å². The SMILES string of the molecule is O=Cc1cc(Br)c(OCCCOc2ccccc2)c(Br)c1. The molecule has 2 aromatic carbocycles. The smallest absolute Gasteiger partial charge is 0.150 e. The molecule has 0 atom stereocenters. The Hall–Kier alpha value is -1.33. The van der Waals surface area contributed by atoms with Crippen LogP contribution in [0.5, 0.6) is 11.5 Å². The van der Waals surface area contributed by atoms with Crippen molar-refractivity contribution in [2.24, 2.45) is 0 Å². The first-order valence-corrected chi connectivity index (χ1v) is 8.04. The molecule has 0 spiro atoms. The highest BCUT2D eigenvalue weighted by molar-refractivity contribution is 9.11. The van der Waals surface area contributed by atoms with Gasteiger partial charge >= 0.3 is 0 Å². The van der Waals surface area contributed by atoms with Crippen molar-refractivity contribution in [1.82, 2.24) is 0 Å². The molecular formula is C16H14Br2O3. The summed E-state index contributed by atoms with van der Waals surface area (Å²) in [5, 5.41) is 0. The molecule has 0 amide bonds. The Kier molecular flexibility index (Phi) is 6.26. The van der Waals surface area contributed by atoms with Crippen LogP contribution in [-0.4, -0.2) is 19.5 Å². The summed E-state index contributed by atoms with van der Waals surface area (Å²) in [6.07, 6.45) is 1.57. The van der Waals surface area contributed by atoms with Crippen LogP contribution in [0, 0.1) is 0 Å². The van der Waals surface area contributed by atoms with E-state index in [-0.39, 0.29) is 0 Å². The third-order valence-corrected chi connectivity index (χ3v) is 3.88. The number of hydrogen-bond donors (Lipinski definition) is 0. The Labute approximate surface area is 140 Å². The number of carbonyl (C=O) groups is 1. The van der Waals surface area contributed by atoms with Crippen molar-refractivity contribution >= 4 is 38.1 Å². The van der Waals surface area contributed by atoms with Gasteiger partial charge in [-0.25, -0.2) is 0 Å². The molecule has 0 bridgehead atoms. The molecule has 2 rings (SSSR count). The van der Waals surface area contributed by atoms with Gasteiger partial charge in [0.25, 0.3) is 0 Å². The van der Waals surface area contributed by atoms with Crippen LogP contribution >= 0.6 is 31.9 Å². The Morgan fingerprint density at radius 1 is 0.952 bits per heavy atom. The third-order valence-electron chi connectivity index (χ3n) is 2.70. The maximum Gasteiger partial charge on any atom is 0.150 e. The van der Waals surface area contributed by atoms with Gasteiger partial charge < -0.3 is 9.47 Å². The second-order valence-electron chi connectivity index (χ2n) is 4.30. The van der Waals surface area contributed by atoms with Gasteiger partial charge in [0.05, 0.1) is 22.2 Å². The Morgan fingerprint density at radius 2 is 1.57 bits per heavy atom. The average Bonchev–Trinajstić information content (AvgIpc) is 2.50. The summed E-state index contributed by atoms with van der Waals surface area (Å²) in [6, 6.07) is 13.1. The van der Waals surface area contributed by atoms with Crippen LogP contribution in [0.2, 0.25) is 0 Å². The molecule has 0 aliphatic heterocycles. The first-order valence-electron chi connectivity index (χ1n) is 6.45. The molecule has 0 aliphatic rings. The van der Waals surface area contributed by atoms with Gasteiger partial charge in [0.2, 0.25) is 0 Å². The lowest BCUT2D eigenvalue weighted by Crippen LogP contribution is -2.05. The van der Waals surface area contributed by atoms with Crippen molar-refractivity contribution in [3.05, 3.63) is 57.0 Å². The van der Waals surface area contributed by atoms with E-state index < -0.39 is 0 Å². The van der Waals surface area contributed by atoms with E-state index in [0.717, 1.165) is 27.4 Å². The van der Waals surface area contributed by atoms with Crippen LogP contribution in [0.1, 0.15) is 16.8 Å². The van der Waals surface area contributed by atoms with Crippen molar-refractivity contribution in [2.75, 3.05) is 13.2 Å². The topological polar surface area (TPSA) is 35.5 Å². The van der Waals surface area contributed by atoms with E-state index in [0.29, 0.717) is 24.5 Å². The lowest BCUT2D eigenvalue weighted by Gasteiger charge is -2.11. The van der Waals surface area contributed by atoms with Crippen LogP contribution in [0.15, 0.2) is 51.4 Å². The van der Waals surface area contributed by atoms with Gasteiger partial charge in [-0.3, -0.25) is 4.79 Å². The highest BCUT2D eigenvalue weighted by atomic mass is 79.9. The maximum atomic E-state index is 10.8. The predicted molar refractivity (Wildman–Crippen MR) is 89.3 cm³/mol. The summed E-state index contributed by atoms with van der Waals surface area (Å²) < 4.78 is 12.8. The summed E-state index contributed by atoms with van der Waals surface area (Å²) in [4.78, 5) is 10.8. The fraction of sp³-hybridized carbons (Fsp3) is 0.188. The summed E-state index contributed by atoms with van der Waals surface area (Å²) in [5.41, 5.74) is 0.591. The minimum Gasteiger partial charge on any atom is -0.493 e. The summed E-state index contributed by atoms with van der Waals surface area (Å²) in [7, 11) is 0. The molecule has 0 unspecified atom stereocenters. The molecule has 2 aromatic rings. The number of hydrogen-bond acceptors (Lipinski definition) is 3. The summed E-state index contributed by atoms with van der Waals surface area (Å²) in [6.45, 7) is 1.12. The largest absolute Gasteiger partial charge is 0.493 e. The quantitative estimate of drug-likeness (QED) is 0.479. The lowest BCUT2D eigenvalue weighted by atomic mass is 10.2. The monoisotopic (exact) mass is 412 g/mol. The zero-order chi connectivity index (χ0) is 15.1. The van der Waals surface area contributed by atoms with E-state index in [1.807, 2.05) is 30.3 Å². The minimum atomic E-state index is 0.532. The maximum absolute atomic E-state index is 10.8. The number of ether oxygens (including phenoxy) is 2. The third kappa shape index (κ3) is 4.86. The average molecular weight is 414 g/mol. The van der Waals surface area contributed by atoms with E-state index in [2.05, 4.69) is 31.9 Å². The summed E-state index contributed by atoms with van der Waals surface area (Å²) >= 11 is 6.80. The molecule has 0 aliphatic carbocycles. The molecule has 0 aromatic heterocycles. The number of halogens is 2. The highest BCUT2D eigenvalue weighted by Gasteiger charge is 2.08. The second-order valence-corrected chi connectivity index (χ2v) is 6.00. The van der Waals surface area contributed by atoms with Crippen molar-refractivity contribution in [3.8, 4) is 11.5 Å². The van der Waals surface area contributed by atoms with Crippen LogP contribution < -0.4 is 9.47 Å². The zero-order valence-corrected chi connectivity index (χ0v) is 14.4. The molecule has 0 saturated heterocycles. The standard InChI is InChI=1S/C16H14Br2O3/c17-14-9-12(11-19)10-15(18)16(14)21-8-4-7-20-13-5-2-1-3-6-13/h1-3,5-6,9-11H,4,7-8H2.